The zero-order valence-corrected chi connectivity index (χ0v) is 15.0. The first-order valence-corrected chi connectivity index (χ1v) is 8.29. The van der Waals surface area contributed by atoms with Crippen LogP contribution < -0.4 is 15.5 Å². The summed E-state index contributed by atoms with van der Waals surface area (Å²) < 4.78 is 0. The molecule has 5 nitrogen and oxygen atoms in total. The van der Waals surface area contributed by atoms with Gasteiger partial charge in [0.2, 0.25) is 0 Å². The Morgan fingerprint density at radius 2 is 1.88 bits per heavy atom. The molecule has 0 aliphatic heterocycles. The number of pyridine rings is 1. The van der Waals surface area contributed by atoms with Gasteiger partial charge in [0, 0.05) is 38.9 Å². The average molecular weight is 325 g/mol. The number of guanidine groups is 1. The lowest BCUT2D eigenvalue weighted by atomic mass is 10.1. The van der Waals surface area contributed by atoms with Crippen LogP contribution in [0.15, 0.2) is 47.6 Å². The third-order valence-corrected chi connectivity index (χ3v) is 3.62. The summed E-state index contributed by atoms with van der Waals surface area (Å²) in [5.74, 6) is 1.78. The van der Waals surface area contributed by atoms with Gasteiger partial charge in [-0.15, -0.1) is 0 Å². The van der Waals surface area contributed by atoms with E-state index in [-0.39, 0.29) is 0 Å². The van der Waals surface area contributed by atoms with Crippen molar-refractivity contribution in [2.75, 3.05) is 25.5 Å². The largest absolute Gasteiger partial charge is 0.362 e. The number of benzene rings is 1. The predicted octanol–water partition coefficient (Wildman–Crippen LogP) is 2.71. The third kappa shape index (κ3) is 5.26. The summed E-state index contributed by atoms with van der Waals surface area (Å²) >= 11 is 0. The molecule has 0 radical (unpaired) electrons. The number of aliphatic imine (C=N–C) groups is 1. The fourth-order valence-corrected chi connectivity index (χ4v) is 2.36. The molecular weight excluding hydrogens is 298 g/mol. The number of anilines is 1. The highest BCUT2D eigenvalue weighted by Crippen LogP contribution is 2.13. The Balaban J connectivity index is 2.03. The molecular formula is C19H27N5. The van der Waals surface area contributed by atoms with Gasteiger partial charge in [-0.3, -0.25) is 0 Å². The van der Waals surface area contributed by atoms with Crippen LogP contribution in [0.1, 0.15) is 23.6 Å². The normalized spacial score (nSPS) is 11.2. The molecule has 1 aromatic carbocycles. The van der Waals surface area contributed by atoms with Gasteiger partial charge in [0.25, 0.3) is 0 Å². The summed E-state index contributed by atoms with van der Waals surface area (Å²) in [5, 5.41) is 6.67. The van der Waals surface area contributed by atoms with Crippen LogP contribution in [0.5, 0.6) is 0 Å². The molecule has 0 saturated heterocycles. The van der Waals surface area contributed by atoms with E-state index >= 15 is 0 Å². The Hall–Kier alpha value is -2.56. The Morgan fingerprint density at radius 1 is 1.12 bits per heavy atom. The van der Waals surface area contributed by atoms with Crippen LogP contribution in [0.2, 0.25) is 0 Å². The van der Waals surface area contributed by atoms with Gasteiger partial charge in [-0.25, -0.2) is 9.98 Å². The second kappa shape index (κ2) is 8.91. The predicted molar refractivity (Wildman–Crippen MR) is 101 cm³/mol. The molecule has 1 aromatic heterocycles. The summed E-state index contributed by atoms with van der Waals surface area (Å²) in [4.78, 5) is 11.1. The SMILES string of the molecule is CCNC(=NCc1ccc(C)cc1)NCc1cccnc1N(C)C. The van der Waals surface area contributed by atoms with Crippen LogP contribution in [0.25, 0.3) is 0 Å². The van der Waals surface area contributed by atoms with Crippen molar-refractivity contribution < 1.29 is 0 Å². The smallest absolute Gasteiger partial charge is 0.191 e. The molecule has 1 heterocycles. The Bertz CT molecular complexity index is 662. The summed E-state index contributed by atoms with van der Waals surface area (Å²) in [7, 11) is 4.00. The summed E-state index contributed by atoms with van der Waals surface area (Å²) in [6.07, 6.45) is 1.81. The molecule has 2 N–H and O–H groups in total. The number of hydrogen-bond acceptors (Lipinski definition) is 3. The van der Waals surface area contributed by atoms with E-state index in [0.29, 0.717) is 13.1 Å². The van der Waals surface area contributed by atoms with Crippen LogP contribution in [0.3, 0.4) is 0 Å². The van der Waals surface area contributed by atoms with Gasteiger partial charge in [-0.2, -0.15) is 0 Å². The molecule has 0 spiro atoms. The van der Waals surface area contributed by atoms with E-state index in [1.54, 1.807) is 0 Å². The molecule has 0 aliphatic rings. The minimum atomic E-state index is 0.656. The maximum Gasteiger partial charge on any atom is 0.191 e. The number of aromatic nitrogens is 1. The van der Waals surface area contributed by atoms with E-state index in [9.17, 15) is 0 Å². The summed E-state index contributed by atoms with van der Waals surface area (Å²) in [5.41, 5.74) is 3.61. The van der Waals surface area contributed by atoms with E-state index in [1.807, 2.05) is 31.3 Å². The van der Waals surface area contributed by atoms with Crippen molar-refractivity contribution in [3.8, 4) is 0 Å². The minimum absolute atomic E-state index is 0.656. The van der Waals surface area contributed by atoms with E-state index in [1.165, 1.54) is 11.1 Å². The van der Waals surface area contributed by atoms with Gasteiger partial charge in [0.1, 0.15) is 5.82 Å². The fraction of sp³-hybridized carbons (Fsp3) is 0.368. The molecule has 0 unspecified atom stereocenters. The van der Waals surface area contributed by atoms with Crippen LogP contribution in [0.4, 0.5) is 5.82 Å². The summed E-state index contributed by atoms with van der Waals surface area (Å²) in [6, 6.07) is 12.5. The van der Waals surface area contributed by atoms with Crippen LogP contribution in [0, 0.1) is 6.92 Å². The molecule has 0 atom stereocenters. The van der Waals surface area contributed by atoms with Gasteiger partial charge in [-0.1, -0.05) is 35.9 Å². The van der Waals surface area contributed by atoms with E-state index in [2.05, 4.69) is 64.8 Å². The molecule has 24 heavy (non-hydrogen) atoms. The molecule has 0 amide bonds. The van der Waals surface area contributed by atoms with Crippen molar-refractivity contribution in [2.24, 2.45) is 4.99 Å². The highest BCUT2D eigenvalue weighted by atomic mass is 15.2. The van der Waals surface area contributed by atoms with Crippen molar-refractivity contribution >= 4 is 11.8 Å². The van der Waals surface area contributed by atoms with Crippen molar-refractivity contribution in [3.05, 3.63) is 59.3 Å². The number of aryl methyl sites for hydroxylation is 1. The second-order valence-corrected chi connectivity index (χ2v) is 5.91. The van der Waals surface area contributed by atoms with Gasteiger partial charge >= 0.3 is 0 Å². The maximum absolute atomic E-state index is 4.66. The van der Waals surface area contributed by atoms with Crippen molar-refractivity contribution in [2.45, 2.75) is 26.9 Å². The van der Waals surface area contributed by atoms with Crippen molar-refractivity contribution in [1.82, 2.24) is 15.6 Å². The zero-order valence-electron chi connectivity index (χ0n) is 15.0. The third-order valence-electron chi connectivity index (χ3n) is 3.62. The molecule has 2 rings (SSSR count). The number of nitrogens with zero attached hydrogens (tertiary/aromatic N) is 3. The molecule has 0 bridgehead atoms. The molecule has 0 aliphatic carbocycles. The monoisotopic (exact) mass is 325 g/mol. The van der Waals surface area contributed by atoms with Gasteiger partial charge in [-0.05, 0) is 25.5 Å². The van der Waals surface area contributed by atoms with Crippen molar-refractivity contribution in [1.29, 1.82) is 0 Å². The quantitative estimate of drug-likeness (QED) is 0.633. The van der Waals surface area contributed by atoms with E-state index in [4.69, 9.17) is 0 Å². The van der Waals surface area contributed by atoms with E-state index < -0.39 is 0 Å². The first-order valence-electron chi connectivity index (χ1n) is 8.29. The molecule has 0 fully saturated rings. The second-order valence-electron chi connectivity index (χ2n) is 5.91. The average Bonchev–Trinajstić information content (AvgIpc) is 2.59. The molecule has 128 valence electrons. The van der Waals surface area contributed by atoms with Gasteiger partial charge < -0.3 is 15.5 Å². The number of rotatable bonds is 6. The van der Waals surface area contributed by atoms with Gasteiger partial charge in [0.15, 0.2) is 5.96 Å². The lowest BCUT2D eigenvalue weighted by Gasteiger charge is -2.17. The lowest BCUT2D eigenvalue weighted by molar-refractivity contribution is 0.810. The molecule has 0 saturated carbocycles. The molecule has 2 aromatic rings. The van der Waals surface area contributed by atoms with E-state index in [0.717, 1.165) is 23.9 Å². The first-order chi connectivity index (χ1) is 11.6. The Labute approximate surface area is 144 Å². The highest BCUT2D eigenvalue weighted by molar-refractivity contribution is 5.79. The number of nitrogens with one attached hydrogen (secondary N) is 2. The minimum Gasteiger partial charge on any atom is -0.362 e. The van der Waals surface area contributed by atoms with Crippen LogP contribution in [-0.2, 0) is 13.1 Å². The number of hydrogen-bond donors (Lipinski definition) is 2. The van der Waals surface area contributed by atoms with Crippen LogP contribution >= 0.6 is 0 Å². The zero-order chi connectivity index (χ0) is 17.4. The highest BCUT2D eigenvalue weighted by Gasteiger charge is 2.06. The topological polar surface area (TPSA) is 52.6 Å². The Morgan fingerprint density at radius 3 is 2.54 bits per heavy atom. The molecule has 5 heteroatoms. The maximum atomic E-state index is 4.66. The summed E-state index contributed by atoms with van der Waals surface area (Å²) in [6.45, 7) is 6.32. The fourth-order valence-electron chi connectivity index (χ4n) is 2.36. The Kier molecular flexibility index (Phi) is 6.61. The lowest BCUT2D eigenvalue weighted by Crippen LogP contribution is -2.37. The van der Waals surface area contributed by atoms with Crippen molar-refractivity contribution in [3.63, 3.8) is 0 Å². The first kappa shape index (κ1) is 17.8. The van der Waals surface area contributed by atoms with Gasteiger partial charge in [0.05, 0.1) is 6.54 Å². The standard InChI is InChI=1S/C19H27N5/c1-5-20-19(22-13-16-10-8-15(2)9-11-16)23-14-17-7-6-12-21-18(17)24(3)4/h6-12H,5,13-14H2,1-4H3,(H2,20,22,23). The van der Waals surface area contributed by atoms with Crippen LogP contribution in [-0.4, -0.2) is 31.6 Å².